The fourth-order valence-electron chi connectivity index (χ4n) is 2.08. The summed E-state index contributed by atoms with van der Waals surface area (Å²) in [6.07, 6.45) is 0. The number of nitrogens with zero attached hydrogens (tertiary/aromatic N) is 1. The maximum Gasteiger partial charge on any atom is 0.227 e. The van der Waals surface area contributed by atoms with Crippen LogP contribution in [0.15, 0.2) is 52.9 Å². The highest BCUT2D eigenvalue weighted by Crippen LogP contribution is 2.26. The van der Waals surface area contributed by atoms with Gasteiger partial charge in [0.25, 0.3) is 0 Å². The molecule has 0 saturated heterocycles. The lowest BCUT2D eigenvalue weighted by molar-refractivity contribution is -0.119. The zero-order valence-corrected chi connectivity index (χ0v) is 11.0. The molecule has 0 unspecified atom stereocenters. The zero-order valence-electron chi connectivity index (χ0n) is 11.0. The molecular weight excluding hydrogens is 252 g/mol. The van der Waals surface area contributed by atoms with Crippen LogP contribution in [0, 0.1) is 0 Å². The second kappa shape index (κ2) is 4.81. The van der Waals surface area contributed by atoms with Crippen molar-refractivity contribution in [2.24, 2.45) is 5.73 Å². The number of rotatable bonds is 3. The first-order valence-electron chi connectivity index (χ1n) is 6.40. The number of amides is 1. The Morgan fingerprint density at radius 3 is 2.65 bits per heavy atom. The molecule has 20 heavy (non-hydrogen) atoms. The van der Waals surface area contributed by atoms with Crippen molar-refractivity contribution in [1.82, 2.24) is 4.98 Å². The average Bonchev–Trinajstić information content (AvgIpc) is 2.90. The molecule has 1 atom stereocenters. The van der Waals surface area contributed by atoms with Gasteiger partial charge >= 0.3 is 0 Å². The van der Waals surface area contributed by atoms with E-state index in [4.69, 9.17) is 10.2 Å². The van der Waals surface area contributed by atoms with Crippen LogP contribution in [0.1, 0.15) is 18.4 Å². The van der Waals surface area contributed by atoms with Gasteiger partial charge in [-0.3, -0.25) is 4.79 Å². The van der Waals surface area contributed by atoms with E-state index in [-0.39, 0.29) is 11.8 Å². The monoisotopic (exact) mass is 266 g/mol. The number of fused-ring (bicyclic) bond motifs is 1. The molecule has 2 aromatic carbocycles. The Bertz CT molecular complexity index is 763. The van der Waals surface area contributed by atoms with E-state index < -0.39 is 0 Å². The van der Waals surface area contributed by atoms with Crippen molar-refractivity contribution in [2.75, 3.05) is 0 Å². The topological polar surface area (TPSA) is 69.1 Å². The van der Waals surface area contributed by atoms with E-state index in [1.54, 1.807) is 6.92 Å². The highest BCUT2D eigenvalue weighted by molar-refractivity contribution is 5.84. The maximum absolute atomic E-state index is 11.2. The van der Waals surface area contributed by atoms with Gasteiger partial charge in [0, 0.05) is 5.56 Å². The summed E-state index contributed by atoms with van der Waals surface area (Å²) in [6, 6.07) is 15.2. The molecule has 0 aliphatic rings. The molecule has 3 rings (SSSR count). The summed E-state index contributed by atoms with van der Waals surface area (Å²) in [4.78, 5) is 15.7. The summed E-state index contributed by atoms with van der Waals surface area (Å²) in [5, 5.41) is 0. The summed E-state index contributed by atoms with van der Waals surface area (Å²) in [5.74, 6) is -0.124. The standard InChI is InChI=1S/C16H14N2O2/c1-10(15(17)19)12-7-8-13-14(9-12)20-16(18-13)11-5-3-2-4-6-11/h2-10H,1H3,(H2,17,19)/t10-/m0/s1. The van der Waals surface area contributed by atoms with Gasteiger partial charge in [-0.15, -0.1) is 0 Å². The normalized spacial score (nSPS) is 12.4. The lowest BCUT2D eigenvalue weighted by Gasteiger charge is -2.06. The quantitative estimate of drug-likeness (QED) is 0.792. The van der Waals surface area contributed by atoms with Gasteiger partial charge in [0.1, 0.15) is 5.52 Å². The Balaban J connectivity index is 2.06. The van der Waals surface area contributed by atoms with Gasteiger partial charge in [-0.2, -0.15) is 0 Å². The molecule has 4 nitrogen and oxygen atoms in total. The second-order valence-corrected chi connectivity index (χ2v) is 4.74. The molecule has 2 N–H and O–H groups in total. The first-order chi connectivity index (χ1) is 9.65. The molecule has 0 radical (unpaired) electrons. The minimum atomic E-state index is -0.354. The number of aromatic nitrogens is 1. The van der Waals surface area contributed by atoms with E-state index in [2.05, 4.69) is 4.98 Å². The molecule has 3 aromatic rings. The number of primary amides is 1. The predicted octanol–water partition coefficient (Wildman–Crippen LogP) is 3.08. The van der Waals surface area contributed by atoms with Crippen LogP contribution >= 0.6 is 0 Å². The number of oxazole rings is 1. The second-order valence-electron chi connectivity index (χ2n) is 4.74. The van der Waals surface area contributed by atoms with E-state index in [0.29, 0.717) is 11.5 Å². The minimum absolute atomic E-state index is 0.343. The number of nitrogens with two attached hydrogens (primary N) is 1. The van der Waals surface area contributed by atoms with Gasteiger partial charge in [0.2, 0.25) is 11.8 Å². The Kier molecular flexibility index (Phi) is 2.99. The first kappa shape index (κ1) is 12.4. The lowest BCUT2D eigenvalue weighted by Crippen LogP contribution is -2.18. The summed E-state index contributed by atoms with van der Waals surface area (Å²) in [5.41, 5.74) is 8.51. The molecule has 0 fully saturated rings. The SMILES string of the molecule is C[C@H](C(N)=O)c1ccc2nc(-c3ccccc3)oc2c1. The van der Waals surface area contributed by atoms with Crippen LogP contribution in [0.3, 0.4) is 0 Å². The van der Waals surface area contributed by atoms with Crippen LogP contribution in [0.2, 0.25) is 0 Å². The first-order valence-corrected chi connectivity index (χ1v) is 6.40. The fraction of sp³-hybridized carbons (Fsp3) is 0.125. The number of hydrogen-bond donors (Lipinski definition) is 1. The molecule has 0 aliphatic heterocycles. The molecule has 4 heteroatoms. The van der Waals surface area contributed by atoms with Crippen LogP contribution in [0.4, 0.5) is 0 Å². The molecular formula is C16H14N2O2. The van der Waals surface area contributed by atoms with Crippen molar-refractivity contribution in [3.63, 3.8) is 0 Å². The van der Waals surface area contributed by atoms with Crippen LogP contribution in [-0.2, 0) is 4.79 Å². The van der Waals surface area contributed by atoms with Crippen molar-refractivity contribution in [3.05, 3.63) is 54.1 Å². The van der Waals surface area contributed by atoms with Gasteiger partial charge in [0.15, 0.2) is 5.58 Å². The van der Waals surface area contributed by atoms with E-state index in [1.165, 1.54) is 0 Å². The van der Waals surface area contributed by atoms with E-state index in [9.17, 15) is 4.79 Å². The molecule has 0 aliphatic carbocycles. The number of carbonyl (C=O) groups excluding carboxylic acids is 1. The molecule has 1 amide bonds. The summed E-state index contributed by atoms with van der Waals surface area (Å²) in [6.45, 7) is 1.78. The van der Waals surface area contributed by atoms with Gasteiger partial charge in [-0.25, -0.2) is 4.98 Å². The van der Waals surface area contributed by atoms with Gasteiger partial charge in [-0.05, 0) is 36.8 Å². The van der Waals surface area contributed by atoms with Gasteiger partial charge in [0.05, 0.1) is 5.92 Å². The number of benzene rings is 2. The maximum atomic E-state index is 11.2. The van der Waals surface area contributed by atoms with Crippen LogP contribution in [-0.4, -0.2) is 10.9 Å². The number of hydrogen-bond acceptors (Lipinski definition) is 3. The molecule has 0 saturated carbocycles. The Labute approximate surface area is 116 Å². The van der Waals surface area contributed by atoms with Gasteiger partial charge < -0.3 is 10.2 Å². The smallest absolute Gasteiger partial charge is 0.227 e. The summed E-state index contributed by atoms with van der Waals surface area (Å²) >= 11 is 0. The molecule has 100 valence electrons. The Morgan fingerprint density at radius 2 is 1.95 bits per heavy atom. The van der Waals surface area contributed by atoms with Crippen molar-refractivity contribution < 1.29 is 9.21 Å². The van der Waals surface area contributed by atoms with E-state index >= 15 is 0 Å². The highest BCUT2D eigenvalue weighted by Gasteiger charge is 2.14. The van der Waals surface area contributed by atoms with Crippen molar-refractivity contribution in [1.29, 1.82) is 0 Å². The van der Waals surface area contributed by atoms with Gasteiger partial charge in [-0.1, -0.05) is 24.3 Å². The fourth-order valence-corrected chi connectivity index (χ4v) is 2.08. The third kappa shape index (κ3) is 2.16. The lowest BCUT2D eigenvalue weighted by atomic mass is 10.0. The average molecular weight is 266 g/mol. The largest absolute Gasteiger partial charge is 0.436 e. The van der Waals surface area contributed by atoms with E-state index in [1.807, 2.05) is 48.5 Å². The Hall–Kier alpha value is -2.62. The van der Waals surface area contributed by atoms with Crippen molar-refractivity contribution in [2.45, 2.75) is 12.8 Å². The third-order valence-electron chi connectivity index (χ3n) is 3.36. The zero-order chi connectivity index (χ0) is 14.1. The minimum Gasteiger partial charge on any atom is -0.436 e. The molecule has 1 heterocycles. The predicted molar refractivity (Wildman–Crippen MR) is 77.1 cm³/mol. The number of carbonyl (C=O) groups is 1. The van der Waals surface area contributed by atoms with Crippen LogP contribution < -0.4 is 5.73 Å². The molecule has 0 bridgehead atoms. The van der Waals surface area contributed by atoms with Crippen molar-refractivity contribution in [3.8, 4) is 11.5 Å². The Morgan fingerprint density at radius 1 is 1.20 bits per heavy atom. The highest BCUT2D eigenvalue weighted by atomic mass is 16.3. The van der Waals surface area contributed by atoms with Crippen LogP contribution in [0.5, 0.6) is 0 Å². The summed E-state index contributed by atoms with van der Waals surface area (Å²) in [7, 11) is 0. The van der Waals surface area contributed by atoms with E-state index in [0.717, 1.165) is 16.6 Å². The molecule has 0 spiro atoms. The van der Waals surface area contributed by atoms with Crippen LogP contribution in [0.25, 0.3) is 22.6 Å². The third-order valence-corrected chi connectivity index (χ3v) is 3.36. The van der Waals surface area contributed by atoms with Crippen molar-refractivity contribution >= 4 is 17.0 Å². The summed E-state index contributed by atoms with van der Waals surface area (Å²) < 4.78 is 5.76. The molecule has 1 aromatic heterocycles.